The van der Waals surface area contributed by atoms with Crippen LogP contribution in [0.3, 0.4) is 0 Å². The number of alkyl halides is 1. The summed E-state index contributed by atoms with van der Waals surface area (Å²) in [4.78, 5) is 24.9. The van der Waals surface area contributed by atoms with Crippen LogP contribution in [0.25, 0.3) is 11.0 Å². The zero-order valence-corrected chi connectivity index (χ0v) is 15.5. The zero-order valence-electron chi connectivity index (χ0n) is 14.8. The van der Waals surface area contributed by atoms with Crippen molar-refractivity contribution < 1.29 is 18.7 Å². The normalized spacial score (nSPS) is 10.6. The number of para-hydroxylation sites is 3. The number of halogens is 1. The third kappa shape index (κ3) is 4.23. The molecule has 3 rings (SSSR count). The highest BCUT2D eigenvalue weighted by atomic mass is 35.5. The van der Waals surface area contributed by atoms with Gasteiger partial charge in [0.25, 0.3) is 5.91 Å². The first-order valence-electron chi connectivity index (χ1n) is 8.54. The van der Waals surface area contributed by atoms with E-state index in [1.807, 2.05) is 13.0 Å². The van der Waals surface area contributed by atoms with E-state index >= 15 is 0 Å². The fourth-order valence-electron chi connectivity index (χ4n) is 2.65. The minimum Gasteiger partial charge on any atom is -0.492 e. The third-order valence-electron chi connectivity index (χ3n) is 3.82. The molecular formula is C20H19ClN2O4. The van der Waals surface area contributed by atoms with Crippen molar-refractivity contribution in [1.82, 2.24) is 0 Å². The molecule has 0 aliphatic heterocycles. The number of amides is 2. The molecule has 7 heteroatoms. The Labute approximate surface area is 161 Å². The molecule has 2 aromatic carbocycles. The molecule has 3 aromatic rings. The number of benzene rings is 2. The second-order valence-corrected chi connectivity index (χ2v) is 6.05. The third-order valence-corrected chi connectivity index (χ3v) is 4.01. The molecule has 0 unspecified atom stereocenters. The second kappa shape index (κ2) is 8.60. The molecule has 2 amide bonds. The van der Waals surface area contributed by atoms with Crippen molar-refractivity contribution in [2.75, 3.05) is 23.1 Å². The lowest BCUT2D eigenvalue weighted by atomic mass is 10.2. The number of carbonyl (C=O) groups excluding carboxylic acids is 2. The van der Waals surface area contributed by atoms with Crippen molar-refractivity contribution in [3.63, 3.8) is 0 Å². The van der Waals surface area contributed by atoms with Gasteiger partial charge in [-0.2, -0.15) is 0 Å². The van der Waals surface area contributed by atoms with E-state index in [1.165, 1.54) is 0 Å². The summed E-state index contributed by atoms with van der Waals surface area (Å²) < 4.78 is 11.2. The van der Waals surface area contributed by atoms with Crippen molar-refractivity contribution in [3.8, 4) is 5.75 Å². The molecule has 0 saturated carbocycles. The van der Waals surface area contributed by atoms with Gasteiger partial charge in [0.2, 0.25) is 11.7 Å². The number of rotatable bonds is 7. The van der Waals surface area contributed by atoms with Crippen molar-refractivity contribution in [3.05, 3.63) is 54.3 Å². The molecule has 0 radical (unpaired) electrons. The molecule has 0 bridgehead atoms. The summed E-state index contributed by atoms with van der Waals surface area (Å²) in [5.41, 5.74) is 1.34. The summed E-state index contributed by atoms with van der Waals surface area (Å²) in [7, 11) is 0. The second-order valence-electron chi connectivity index (χ2n) is 5.67. The molecule has 0 fully saturated rings. The number of fused-ring (bicyclic) bond motifs is 1. The van der Waals surface area contributed by atoms with E-state index in [9.17, 15) is 9.59 Å². The van der Waals surface area contributed by atoms with Gasteiger partial charge in [-0.05, 0) is 31.2 Å². The Hall–Kier alpha value is -2.99. The molecule has 0 spiro atoms. The quantitative estimate of drug-likeness (QED) is 0.579. The van der Waals surface area contributed by atoms with E-state index in [4.69, 9.17) is 20.8 Å². The van der Waals surface area contributed by atoms with Crippen molar-refractivity contribution in [2.24, 2.45) is 0 Å². The van der Waals surface area contributed by atoms with Crippen molar-refractivity contribution in [1.29, 1.82) is 0 Å². The van der Waals surface area contributed by atoms with Crippen LogP contribution >= 0.6 is 11.6 Å². The van der Waals surface area contributed by atoms with E-state index in [1.54, 1.807) is 42.5 Å². The Bertz CT molecular complexity index is 968. The minimum atomic E-state index is -0.487. The average molecular weight is 387 g/mol. The molecule has 6 nitrogen and oxygen atoms in total. The Morgan fingerprint density at radius 1 is 1.07 bits per heavy atom. The van der Waals surface area contributed by atoms with Gasteiger partial charge in [-0.1, -0.05) is 24.3 Å². The first kappa shape index (κ1) is 18.8. The van der Waals surface area contributed by atoms with Crippen LogP contribution in [0.1, 0.15) is 23.9 Å². The number of carbonyl (C=O) groups is 2. The highest BCUT2D eigenvalue weighted by molar-refractivity contribution is 6.20. The summed E-state index contributed by atoms with van der Waals surface area (Å²) in [6.07, 6.45) is 0.134. The van der Waals surface area contributed by atoms with E-state index < -0.39 is 5.91 Å². The summed E-state index contributed by atoms with van der Waals surface area (Å²) in [5.74, 6) is -0.0207. The maximum atomic E-state index is 12.9. The first-order chi connectivity index (χ1) is 13.1. The summed E-state index contributed by atoms with van der Waals surface area (Å²) in [6.45, 7) is 2.33. The fourth-order valence-corrected chi connectivity index (χ4v) is 2.82. The molecule has 2 N–H and O–H groups in total. The van der Waals surface area contributed by atoms with E-state index in [2.05, 4.69) is 10.6 Å². The maximum Gasteiger partial charge on any atom is 0.293 e. The molecule has 140 valence electrons. The summed E-state index contributed by atoms with van der Waals surface area (Å²) >= 11 is 5.63. The lowest BCUT2D eigenvalue weighted by molar-refractivity contribution is -0.115. The number of ether oxygens (including phenoxy) is 1. The van der Waals surface area contributed by atoms with Gasteiger partial charge in [0.15, 0.2) is 0 Å². The summed E-state index contributed by atoms with van der Waals surface area (Å²) in [6, 6.07) is 14.2. The Morgan fingerprint density at radius 2 is 1.81 bits per heavy atom. The molecule has 1 heterocycles. The van der Waals surface area contributed by atoms with Gasteiger partial charge < -0.3 is 19.8 Å². The average Bonchev–Trinajstić information content (AvgIpc) is 3.02. The van der Waals surface area contributed by atoms with Gasteiger partial charge in [0.1, 0.15) is 17.0 Å². The predicted octanol–water partition coefficient (Wildman–Crippen LogP) is 4.65. The minimum absolute atomic E-state index is 0.0189. The van der Waals surface area contributed by atoms with Gasteiger partial charge in [0, 0.05) is 17.7 Å². The molecule has 27 heavy (non-hydrogen) atoms. The number of hydrogen-bond acceptors (Lipinski definition) is 4. The number of furan rings is 1. The van der Waals surface area contributed by atoms with Crippen LogP contribution in [0.5, 0.6) is 5.75 Å². The lowest BCUT2D eigenvalue weighted by Crippen LogP contribution is -2.17. The van der Waals surface area contributed by atoms with Crippen LogP contribution in [0.4, 0.5) is 11.4 Å². The standard InChI is InChI=1S/C20H19ClN2O4/c1-2-26-16-10-6-4-8-14(16)22-20(25)19-18(23-17(24)11-12-21)13-7-3-5-9-15(13)27-19/h3-10H,2,11-12H2,1H3,(H,22,25)(H,23,24). The smallest absolute Gasteiger partial charge is 0.293 e. The van der Waals surface area contributed by atoms with Crippen molar-refractivity contribution >= 4 is 45.8 Å². The lowest BCUT2D eigenvalue weighted by Gasteiger charge is -2.11. The maximum absolute atomic E-state index is 12.9. The van der Waals surface area contributed by atoms with Gasteiger partial charge in [-0.3, -0.25) is 9.59 Å². The Morgan fingerprint density at radius 3 is 2.59 bits per heavy atom. The number of hydrogen-bond donors (Lipinski definition) is 2. The SMILES string of the molecule is CCOc1ccccc1NC(=O)c1oc2ccccc2c1NC(=O)CCCl. The summed E-state index contributed by atoms with van der Waals surface area (Å²) in [5, 5.41) is 6.16. The largest absolute Gasteiger partial charge is 0.492 e. The van der Waals surface area contributed by atoms with Crippen LogP contribution in [0.2, 0.25) is 0 Å². The van der Waals surface area contributed by atoms with Crippen LogP contribution in [0, 0.1) is 0 Å². The monoisotopic (exact) mass is 386 g/mol. The van der Waals surface area contributed by atoms with E-state index in [0.29, 0.717) is 34.7 Å². The topological polar surface area (TPSA) is 80.6 Å². The fraction of sp³-hybridized carbons (Fsp3) is 0.200. The van der Waals surface area contributed by atoms with Gasteiger partial charge >= 0.3 is 0 Å². The zero-order chi connectivity index (χ0) is 19.2. The van der Waals surface area contributed by atoms with Crippen LogP contribution in [-0.4, -0.2) is 24.3 Å². The van der Waals surface area contributed by atoms with Crippen LogP contribution in [0.15, 0.2) is 52.9 Å². The van der Waals surface area contributed by atoms with Gasteiger partial charge in [-0.15, -0.1) is 11.6 Å². The predicted molar refractivity (Wildman–Crippen MR) is 106 cm³/mol. The van der Waals surface area contributed by atoms with Crippen LogP contribution in [-0.2, 0) is 4.79 Å². The molecular weight excluding hydrogens is 368 g/mol. The number of nitrogens with one attached hydrogen (secondary N) is 2. The Balaban J connectivity index is 1.95. The Kier molecular flexibility index (Phi) is 5.98. The van der Waals surface area contributed by atoms with Crippen molar-refractivity contribution in [2.45, 2.75) is 13.3 Å². The first-order valence-corrected chi connectivity index (χ1v) is 9.08. The molecule has 0 aliphatic carbocycles. The highest BCUT2D eigenvalue weighted by Crippen LogP contribution is 2.32. The van der Waals surface area contributed by atoms with Gasteiger partial charge in [0.05, 0.1) is 12.3 Å². The van der Waals surface area contributed by atoms with E-state index in [0.717, 1.165) is 0 Å². The highest BCUT2D eigenvalue weighted by Gasteiger charge is 2.23. The molecule has 0 atom stereocenters. The van der Waals surface area contributed by atoms with Gasteiger partial charge in [-0.25, -0.2) is 0 Å². The number of anilines is 2. The molecule has 0 saturated heterocycles. The molecule has 1 aromatic heterocycles. The molecule has 0 aliphatic rings. The van der Waals surface area contributed by atoms with E-state index in [-0.39, 0.29) is 24.0 Å². The van der Waals surface area contributed by atoms with Crippen LogP contribution < -0.4 is 15.4 Å².